The molecule has 7 heteroatoms. The minimum Gasteiger partial charge on any atom is -0.466 e. The fourth-order valence-corrected chi connectivity index (χ4v) is 1.51. The van der Waals surface area contributed by atoms with E-state index < -0.39 is 17.8 Å². The second-order valence-corrected chi connectivity index (χ2v) is 4.27. The summed E-state index contributed by atoms with van der Waals surface area (Å²) in [6, 6.07) is 2.14. The third-order valence-corrected chi connectivity index (χ3v) is 2.64. The molecule has 4 nitrogen and oxygen atoms in total. The van der Waals surface area contributed by atoms with Crippen LogP contribution in [0.2, 0.25) is 0 Å². The Morgan fingerprint density at radius 2 is 2.14 bits per heavy atom. The standard InChI is InChI=1S/C14H17F3N2O2/c1-3-4-9-18-13-10(6-8-12(20)21-2)5-7-11(19-13)14(15,16)17/h5-8H,3-4,9H2,1-2H3,(H,18,19). The zero-order valence-corrected chi connectivity index (χ0v) is 11.8. The Hall–Kier alpha value is -2.05. The van der Waals surface area contributed by atoms with E-state index >= 15 is 0 Å². The zero-order valence-electron chi connectivity index (χ0n) is 11.8. The molecule has 0 saturated heterocycles. The molecule has 0 aliphatic heterocycles. The lowest BCUT2D eigenvalue weighted by Gasteiger charge is -2.12. The number of rotatable bonds is 6. The normalized spacial score (nSPS) is 11.7. The number of methoxy groups -OCH3 is 1. The molecule has 1 heterocycles. The highest BCUT2D eigenvalue weighted by atomic mass is 19.4. The molecule has 0 aliphatic carbocycles. The number of nitrogens with one attached hydrogen (secondary N) is 1. The van der Waals surface area contributed by atoms with Gasteiger partial charge in [-0.3, -0.25) is 0 Å². The molecule has 1 aromatic heterocycles. The molecule has 1 aromatic rings. The van der Waals surface area contributed by atoms with Crippen molar-refractivity contribution in [2.24, 2.45) is 0 Å². The van der Waals surface area contributed by atoms with E-state index in [0.717, 1.165) is 25.0 Å². The Balaban J connectivity index is 3.04. The average Bonchev–Trinajstić information content (AvgIpc) is 2.44. The van der Waals surface area contributed by atoms with E-state index in [4.69, 9.17) is 0 Å². The summed E-state index contributed by atoms with van der Waals surface area (Å²) in [7, 11) is 1.22. The first-order valence-corrected chi connectivity index (χ1v) is 6.46. The van der Waals surface area contributed by atoms with E-state index in [1.54, 1.807) is 0 Å². The first-order chi connectivity index (χ1) is 9.88. The van der Waals surface area contributed by atoms with E-state index in [-0.39, 0.29) is 5.82 Å². The number of anilines is 1. The minimum absolute atomic E-state index is 0.0958. The number of carbonyl (C=O) groups is 1. The molecule has 0 aliphatic rings. The van der Waals surface area contributed by atoms with Gasteiger partial charge < -0.3 is 10.1 Å². The number of halogens is 3. The van der Waals surface area contributed by atoms with Gasteiger partial charge in [0.2, 0.25) is 0 Å². The van der Waals surface area contributed by atoms with Crippen LogP contribution in [0.4, 0.5) is 19.0 Å². The van der Waals surface area contributed by atoms with E-state index in [1.807, 2.05) is 6.92 Å². The van der Waals surface area contributed by atoms with Gasteiger partial charge in [-0.2, -0.15) is 13.2 Å². The fraction of sp³-hybridized carbons (Fsp3) is 0.429. The van der Waals surface area contributed by atoms with Gasteiger partial charge in [0.25, 0.3) is 0 Å². The maximum Gasteiger partial charge on any atom is 0.433 e. The number of ether oxygens (including phenoxy) is 1. The van der Waals surface area contributed by atoms with Crippen molar-refractivity contribution in [3.8, 4) is 0 Å². The number of nitrogens with zero attached hydrogens (tertiary/aromatic N) is 1. The van der Waals surface area contributed by atoms with Crippen LogP contribution in [0.25, 0.3) is 6.08 Å². The highest BCUT2D eigenvalue weighted by molar-refractivity contribution is 5.88. The SMILES string of the molecule is CCCCNc1nc(C(F)(F)F)ccc1C=CC(=O)OC. The Labute approximate surface area is 121 Å². The van der Waals surface area contributed by atoms with Crippen LogP contribution in [0, 0.1) is 0 Å². The van der Waals surface area contributed by atoms with Gasteiger partial charge in [0, 0.05) is 18.2 Å². The van der Waals surface area contributed by atoms with Crippen molar-refractivity contribution >= 4 is 17.9 Å². The molecule has 0 bridgehead atoms. The second kappa shape index (κ2) is 7.66. The molecule has 0 amide bonds. The smallest absolute Gasteiger partial charge is 0.433 e. The third-order valence-electron chi connectivity index (χ3n) is 2.64. The molecule has 21 heavy (non-hydrogen) atoms. The summed E-state index contributed by atoms with van der Waals surface area (Å²) in [6.07, 6.45) is -0.300. The van der Waals surface area contributed by atoms with Gasteiger partial charge in [-0.05, 0) is 24.6 Å². The monoisotopic (exact) mass is 302 g/mol. The number of hydrogen-bond acceptors (Lipinski definition) is 4. The van der Waals surface area contributed by atoms with Crippen LogP contribution in [0.5, 0.6) is 0 Å². The van der Waals surface area contributed by atoms with Crippen molar-refractivity contribution in [1.29, 1.82) is 0 Å². The van der Waals surface area contributed by atoms with Gasteiger partial charge >= 0.3 is 12.1 Å². The first kappa shape index (κ1) is 17.0. The van der Waals surface area contributed by atoms with Crippen LogP contribution < -0.4 is 5.32 Å². The lowest BCUT2D eigenvalue weighted by Crippen LogP contribution is -2.12. The summed E-state index contributed by atoms with van der Waals surface area (Å²) < 4.78 is 42.5. The molecular weight excluding hydrogens is 285 g/mol. The number of pyridine rings is 1. The van der Waals surface area contributed by atoms with Crippen LogP contribution in [0.3, 0.4) is 0 Å². The molecule has 1 rings (SSSR count). The van der Waals surface area contributed by atoms with Crippen LogP contribution in [0.15, 0.2) is 18.2 Å². The molecular formula is C14H17F3N2O2. The lowest BCUT2D eigenvalue weighted by atomic mass is 10.2. The quantitative estimate of drug-likeness (QED) is 0.496. The predicted octanol–water partition coefficient (Wildman–Crippen LogP) is 3.50. The number of unbranched alkanes of at least 4 members (excludes halogenated alkanes) is 1. The summed E-state index contributed by atoms with van der Waals surface area (Å²) in [4.78, 5) is 14.6. The highest BCUT2D eigenvalue weighted by Crippen LogP contribution is 2.29. The summed E-state index contributed by atoms with van der Waals surface area (Å²) in [5.41, 5.74) is -0.582. The van der Waals surface area contributed by atoms with Gasteiger partial charge in [0.05, 0.1) is 7.11 Å². The largest absolute Gasteiger partial charge is 0.466 e. The van der Waals surface area contributed by atoms with Gasteiger partial charge in [-0.15, -0.1) is 0 Å². The van der Waals surface area contributed by atoms with E-state index in [2.05, 4.69) is 15.0 Å². The fourth-order valence-electron chi connectivity index (χ4n) is 1.51. The van der Waals surface area contributed by atoms with Gasteiger partial charge in [0.1, 0.15) is 11.5 Å². The van der Waals surface area contributed by atoms with Crippen molar-refractivity contribution in [3.05, 3.63) is 29.5 Å². The van der Waals surface area contributed by atoms with E-state index in [0.29, 0.717) is 12.1 Å². The summed E-state index contributed by atoms with van der Waals surface area (Å²) in [5, 5.41) is 2.85. The maximum atomic E-state index is 12.7. The lowest BCUT2D eigenvalue weighted by molar-refractivity contribution is -0.141. The van der Waals surface area contributed by atoms with Crippen molar-refractivity contribution in [3.63, 3.8) is 0 Å². The maximum absolute atomic E-state index is 12.7. The van der Waals surface area contributed by atoms with Crippen molar-refractivity contribution in [2.45, 2.75) is 25.9 Å². The Bertz CT molecular complexity index is 513. The topological polar surface area (TPSA) is 51.2 Å². The molecule has 1 N–H and O–H groups in total. The number of carbonyl (C=O) groups excluding carboxylic acids is 1. The van der Waals surface area contributed by atoms with Crippen molar-refractivity contribution in [1.82, 2.24) is 4.98 Å². The molecule has 0 spiro atoms. The van der Waals surface area contributed by atoms with E-state index in [9.17, 15) is 18.0 Å². The van der Waals surface area contributed by atoms with Crippen LogP contribution in [-0.4, -0.2) is 24.6 Å². The molecule has 0 radical (unpaired) electrons. The second-order valence-electron chi connectivity index (χ2n) is 4.27. The van der Waals surface area contributed by atoms with Gasteiger partial charge in [0.15, 0.2) is 0 Å². The Kier molecular flexibility index (Phi) is 6.20. The van der Waals surface area contributed by atoms with Crippen molar-refractivity contribution < 1.29 is 22.7 Å². The number of aromatic nitrogens is 1. The molecule has 0 unspecified atom stereocenters. The average molecular weight is 302 g/mol. The highest BCUT2D eigenvalue weighted by Gasteiger charge is 2.32. The summed E-state index contributed by atoms with van der Waals surface area (Å²) >= 11 is 0. The number of hydrogen-bond donors (Lipinski definition) is 1. The van der Waals surface area contributed by atoms with Gasteiger partial charge in [-0.25, -0.2) is 9.78 Å². The third kappa shape index (κ3) is 5.45. The summed E-state index contributed by atoms with van der Waals surface area (Å²) in [6.45, 7) is 2.48. The van der Waals surface area contributed by atoms with E-state index in [1.165, 1.54) is 19.3 Å². The summed E-state index contributed by atoms with van der Waals surface area (Å²) in [5.74, 6) is -0.493. The van der Waals surface area contributed by atoms with Crippen molar-refractivity contribution in [2.75, 3.05) is 19.0 Å². The van der Waals surface area contributed by atoms with Crippen LogP contribution in [-0.2, 0) is 15.7 Å². The first-order valence-electron chi connectivity index (χ1n) is 6.46. The molecule has 0 atom stereocenters. The van der Waals surface area contributed by atoms with Crippen LogP contribution >= 0.6 is 0 Å². The molecule has 116 valence electrons. The molecule has 0 fully saturated rings. The zero-order chi connectivity index (χ0) is 15.9. The Morgan fingerprint density at radius 1 is 1.43 bits per heavy atom. The molecule has 0 saturated carbocycles. The minimum atomic E-state index is -4.51. The predicted molar refractivity (Wildman–Crippen MR) is 73.7 cm³/mol. The number of alkyl halides is 3. The number of esters is 1. The van der Waals surface area contributed by atoms with Gasteiger partial charge in [-0.1, -0.05) is 13.3 Å². The molecule has 0 aromatic carbocycles. The van der Waals surface area contributed by atoms with Crippen LogP contribution in [0.1, 0.15) is 31.0 Å². The Morgan fingerprint density at radius 3 is 2.71 bits per heavy atom.